The van der Waals surface area contributed by atoms with Gasteiger partial charge in [-0.2, -0.15) is 0 Å². The summed E-state index contributed by atoms with van der Waals surface area (Å²) < 4.78 is 0. The molecule has 0 aliphatic carbocycles. The van der Waals surface area contributed by atoms with E-state index >= 15 is 0 Å². The quantitative estimate of drug-likeness (QED) is 0.887. The second-order valence-corrected chi connectivity index (χ2v) is 5.61. The highest BCUT2D eigenvalue weighted by molar-refractivity contribution is 5.85. The Kier molecular flexibility index (Phi) is 4.31. The van der Waals surface area contributed by atoms with Crippen LogP contribution in [0.3, 0.4) is 0 Å². The highest BCUT2D eigenvalue weighted by Gasteiger charge is 2.17. The molecule has 20 heavy (non-hydrogen) atoms. The molecule has 1 aliphatic heterocycles. The second kappa shape index (κ2) is 6.35. The van der Waals surface area contributed by atoms with E-state index in [1.165, 1.54) is 16.3 Å². The van der Waals surface area contributed by atoms with Crippen LogP contribution in [0.1, 0.15) is 5.56 Å². The van der Waals surface area contributed by atoms with E-state index < -0.39 is 0 Å². The van der Waals surface area contributed by atoms with Gasteiger partial charge in [-0.3, -0.25) is 4.90 Å². The van der Waals surface area contributed by atoms with Crippen LogP contribution in [-0.4, -0.2) is 44.2 Å². The average molecular weight is 269 g/mol. The maximum absolute atomic E-state index is 3.61. The topological polar surface area (TPSA) is 27.3 Å². The fourth-order valence-electron chi connectivity index (χ4n) is 2.91. The van der Waals surface area contributed by atoms with Crippen LogP contribution >= 0.6 is 0 Å². The van der Waals surface area contributed by atoms with Crippen molar-refractivity contribution in [3.05, 3.63) is 48.0 Å². The van der Waals surface area contributed by atoms with Crippen molar-refractivity contribution in [2.75, 3.05) is 33.2 Å². The smallest absolute Gasteiger partial charge is 0.0342 e. The second-order valence-electron chi connectivity index (χ2n) is 5.61. The third-order valence-corrected chi connectivity index (χ3v) is 4.22. The maximum atomic E-state index is 3.61. The first-order chi connectivity index (χ1) is 9.84. The summed E-state index contributed by atoms with van der Waals surface area (Å²) in [4.78, 5) is 2.44. The summed E-state index contributed by atoms with van der Waals surface area (Å²) in [6.07, 6.45) is 0. The first kappa shape index (κ1) is 13.6. The number of hydrogen-bond donors (Lipinski definition) is 2. The number of nitrogens with zero attached hydrogens (tertiary/aromatic N) is 1. The fraction of sp³-hybridized carbons (Fsp3) is 0.412. The van der Waals surface area contributed by atoms with Crippen molar-refractivity contribution in [2.45, 2.75) is 12.6 Å². The van der Waals surface area contributed by atoms with E-state index in [9.17, 15) is 0 Å². The molecule has 1 heterocycles. The Balaban J connectivity index is 1.62. The van der Waals surface area contributed by atoms with Crippen LogP contribution in [0.4, 0.5) is 0 Å². The van der Waals surface area contributed by atoms with Crippen LogP contribution in [0.2, 0.25) is 0 Å². The number of rotatable bonds is 4. The molecule has 0 amide bonds. The lowest BCUT2D eigenvalue weighted by Crippen LogP contribution is -2.53. The van der Waals surface area contributed by atoms with Crippen LogP contribution in [0.15, 0.2) is 42.5 Å². The van der Waals surface area contributed by atoms with Crippen LogP contribution in [0.25, 0.3) is 10.8 Å². The number of piperazine rings is 1. The van der Waals surface area contributed by atoms with Crippen molar-refractivity contribution in [2.24, 2.45) is 0 Å². The van der Waals surface area contributed by atoms with E-state index in [1.54, 1.807) is 0 Å². The van der Waals surface area contributed by atoms with E-state index in [4.69, 9.17) is 0 Å². The van der Waals surface area contributed by atoms with Crippen molar-refractivity contribution < 1.29 is 0 Å². The van der Waals surface area contributed by atoms with Gasteiger partial charge in [0.15, 0.2) is 0 Å². The van der Waals surface area contributed by atoms with Gasteiger partial charge in [-0.25, -0.2) is 0 Å². The number of hydrogen-bond acceptors (Lipinski definition) is 3. The highest BCUT2D eigenvalue weighted by atomic mass is 15.2. The lowest BCUT2D eigenvalue weighted by Gasteiger charge is -2.33. The number of fused-ring (bicyclic) bond motifs is 1. The third-order valence-electron chi connectivity index (χ3n) is 4.22. The molecule has 3 nitrogen and oxygen atoms in total. The van der Waals surface area contributed by atoms with Crippen molar-refractivity contribution >= 4 is 10.8 Å². The van der Waals surface area contributed by atoms with E-state index in [0.717, 1.165) is 32.7 Å². The molecule has 0 radical (unpaired) electrons. The van der Waals surface area contributed by atoms with E-state index in [0.29, 0.717) is 6.04 Å². The summed E-state index contributed by atoms with van der Waals surface area (Å²) >= 11 is 0. The van der Waals surface area contributed by atoms with Crippen molar-refractivity contribution in [3.8, 4) is 0 Å². The zero-order valence-electron chi connectivity index (χ0n) is 12.1. The molecule has 2 N–H and O–H groups in total. The lowest BCUT2D eigenvalue weighted by molar-refractivity contribution is 0.195. The summed E-state index contributed by atoms with van der Waals surface area (Å²) in [6, 6.07) is 15.7. The fourth-order valence-corrected chi connectivity index (χ4v) is 2.91. The average Bonchev–Trinajstić information content (AvgIpc) is 2.49. The van der Waals surface area contributed by atoms with Gasteiger partial charge in [0.2, 0.25) is 0 Å². The van der Waals surface area contributed by atoms with Crippen LogP contribution < -0.4 is 10.6 Å². The van der Waals surface area contributed by atoms with Crippen molar-refractivity contribution in [3.63, 3.8) is 0 Å². The standard InChI is InChI=1S/C17H23N3/c1-20-10-9-18-12-16(20)13-19-11-15-7-4-6-14-5-2-3-8-17(14)15/h2-8,16,18-19H,9-13H2,1H3. The van der Waals surface area contributed by atoms with E-state index in [-0.39, 0.29) is 0 Å². The minimum Gasteiger partial charge on any atom is -0.314 e. The molecule has 1 unspecified atom stereocenters. The molecule has 1 aliphatic rings. The lowest BCUT2D eigenvalue weighted by atomic mass is 10.0. The molecule has 1 atom stereocenters. The van der Waals surface area contributed by atoms with Crippen LogP contribution in [0.5, 0.6) is 0 Å². The van der Waals surface area contributed by atoms with Gasteiger partial charge in [-0.1, -0.05) is 42.5 Å². The molecule has 106 valence electrons. The minimum absolute atomic E-state index is 0.596. The van der Waals surface area contributed by atoms with E-state index in [2.05, 4.69) is 65.0 Å². The SMILES string of the molecule is CN1CCNCC1CNCc1cccc2ccccc12. The monoisotopic (exact) mass is 269 g/mol. The Morgan fingerprint density at radius 2 is 2.05 bits per heavy atom. The first-order valence-electron chi connectivity index (χ1n) is 7.43. The molecule has 0 bridgehead atoms. The minimum atomic E-state index is 0.596. The van der Waals surface area contributed by atoms with Gasteiger partial charge in [-0.15, -0.1) is 0 Å². The van der Waals surface area contributed by atoms with Gasteiger partial charge >= 0.3 is 0 Å². The van der Waals surface area contributed by atoms with Gasteiger partial charge in [-0.05, 0) is 23.4 Å². The number of likely N-dealkylation sites (N-methyl/N-ethyl adjacent to an activating group) is 1. The summed E-state index contributed by atoms with van der Waals surface area (Å²) in [5.74, 6) is 0. The Morgan fingerprint density at radius 1 is 1.20 bits per heavy atom. The molecule has 0 saturated carbocycles. The van der Waals surface area contributed by atoms with Gasteiger partial charge < -0.3 is 10.6 Å². The molecule has 0 spiro atoms. The molecule has 3 heteroatoms. The molecule has 1 saturated heterocycles. The Morgan fingerprint density at radius 3 is 2.95 bits per heavy atom. The van der Waals surface area contributed by atoms with E-state index in [1.807, 2.05) is 0 Å². The third kappa shape index (κ3) is 3.01. The first-order valence-corrected chi connectivity index (χ1v) is 7.43. The van der Waals surface area contributed by atoms with Gasteiger partial charge in [0, 0.05) is 38.8 Å². The number of benzene rings is 2. The Bertz CT molecular complexity index is 562. The Hall–Kier alpha value is -1.42. The maximum Gasteiger partial charge on any atom is 0.0342 e. The molecule has 2 aromatic rings. The summed E-state index contributed by atoms with van der Waals surface area (Å²) in [5, 5.41) is 9.76. The predicted molar refractivity (Wildman–Crippen MR) is 84.9 cm³/mol. The molecule has 1 fully saturated rings. The number of nitrogens with one attached hydrogen (secondary N) is 2. The summed E-state index contributed by atoms with van der Waals surface area (Å²) in [5.41, 5.74) is 1.38. The van der Waals surface area contributed by atoms with Gasteiger partial charge in [0.05, 0.1) is 0 Å². The molecule has 3 rings (SSSR count). The molecule has 0 aromatic heterocycles. The largest absolute Gasteiger partial charge is 0.314 e. The molecular formula is C17H23N3. The molecular weight excluding hydrogens is 246 g/mol. The Labute approximate surface area is 121 Å². The zero-order valence-corrected chi connectivity index (χ0v) is 12.1. The predicted octanol–water partition coefficient (Wildman–Crippen LogP) is 1.83. The summed E-state index contributed by atoms with van der Waals surface area (Å²) in [7, 11) is 2.21. The summed E-state index contributed by atoms with van der Waals surface area (Å²) in [6.45, 7) is 5.30. The van der Waals surface area contributed by atoms with Crippen molar-refractivity contribution in [1.82, 2.24) is 15.5 Å². The zero-order chi connectivity index (χ0) is 13.8. The molecule has 2 aromatic carbocycles. The highest BCUT2D eigenvalue weighted by Crippen LogP contribution is 2.18. The van der Waals surface area contributed by atoms with Gasteiger partial charge in [0.1, 0.15) is 0 Å². The van der Waals surface area contributed by atoms with Gasteiger partial charge in [0.25, 0.3) is 0 Å². The van der Waals surface area contributed by atoms with Crippen LogP contribution in [0, 0.1) is 0 Å². The van der Waals surface area contributed by atoms with Crippen molar-refractivity contribution in [1.29, 1.82) is 0 Å². The van der Waals surface area contributed by atoms with Crippen LogP contribution in [-0.2, 0) is 6.54 Å². The normalized spacial score (nSPS) is 20.4.